The van der Waals surface area contributed by atoms with Crippen LogP contribution in [0.15, 0.2) is 18.3 Å². The van der Waals surface area contributed by atoms with Crippen LogP contribution in [0.25, 0.3) is 0 Å². The number of nitrogens with zero attached hydrogens (tertiary/aromatic N) is 2. The lowest BCUT2D eigenvalue weighted by Crippen LogP contribution is -2.37. The van der Waals surface area contributed by atoms with Crippen LogP contribution in [-0.2, 0) is 4.74 Å². The molecule has 1 aliphatic rings. The Bertz CT molecular complexity index is 324. The van der Waals surface area contributed by atoms with Gasteiger partial charge in [0.05, 0.1) is 18.5 Å². The zero-order chi connectivity index (χ0) is 11.4. The predicted molar refractivity (Wildman–Crippen MR) is 65.5 cm³/mol. The molecule has 1 aromatic rings. The van der Waals surface area contributed by atoms with Gasteiger partial charge in [-0.25, -0.2) is 4.98 Å². The molecular weight excluding hydrogens is 202 g/mol. The van der Waals surface area contributed by atoms with Crippen molar-refractivity contribution in [3.63, 3.8) is 0 Å². The molecule has 0 bridgehead atoms. The highest BCUT2D eigenvalue weighted by molar-refractivity contribution is 5.46. The molecule has 0 unspecified atom stereocenters. The summed E-state index contributed by atoms with van der Waals surface area (Å²) in [6, 6.07) is 3.90. The molecular formula is C12H19N3O. The first kappa shape index (κ1) is 11.2. The van der Waals surface area contributed by atoms with E-state index in [9.17, 15) is 0 Å². The summed E-state index contributed by atoms with van der Waals surface area (Å²) in [5.41, 5.74) is 6.35. The average molecular weight is 221 g/mol. The van der Waals surface area contributed by atoms with Gasteiger partial charge in [0, 0.05) is 20.2 Å². The fraction of sp³-hybridized carbons (Fsp3) is 0.583. The van der Waals surface area contributed by atoms with E-state index in [0.717, 1.165) is 25.5 Å². The third-order valence-corrected chi connectivity index (χ3v) is 3.02. The maximum absolute atomic E-state index is 5.63. The van der Waals surface area contributed by atoms with Crippen LogP contribution in [0, 0.1) is 5.92 Å². The van der Waals surface area contributed by atoms with Crippen LogP contribution in [0.2, 0.25) is 0 Å². The van der Waals surface area contributed by atoms with Gasteiger partial charge in [0.1, 0.15) is 5.82 Å². The quantitative estimate of drug-likeness (QED) is 0.841. The normalized spacial score (nSPS) is 21.1. The predicted octanol–water partition coefficient (Wildman–Crippen LogP) is 1.53. The van der Waals surface area contributed by atoms with Crippen molar-refractivity contribution in [3.8, 4) is 0 Å². The summed E-state index contributed by atoms with van der Waals surface area (Å²) in [5, 5.41) is 0. The average Bonchev–Trinajstić information content (AvgIpc) is 2.31. The number of nitrogen functional groups attached to an aromatic ring is 1. The number of piperidine rings is 1. The fourth-order valence-electron chi connectivity index (χ4n) is 2.23. The summed E-state index contributed by atoms with van der Waals surface area (Å²) < 4.78 is 5.22. The molecule has 4 heteroatoms. The molecule has 0 amide bonds. The summed E-state index contributed by atoms with van der Waals surface area (Å²) in [6.45, 7) is 2.95. The van der Waals surface area contributed by atoms with Gasteiger partial charge in [0.25, 0.3) is 0 Å². The van der Waals surface area contributed by atoms with Gasteiger partial charge in [0.2, 0.25) is 0 Å². The number of anilines is 2. The monoisotopic (exact) mass is 221 g/mol. The van der Waals surface area contributed by atoms with E-state index in [2.05, 4.69) is 9.88 Å². The van der Waals surface area contributed by atoms with Gasteiger partial charge in [0.15, 0.2) is 0 Å². The van der Waals surface area contributed by atoms with Crippen LogP contribution in [0.1, 0.15) is 12.8 Å². The molecule has 1 saturated heterocycles. The minimum atomic E-state index is 0.623. The van der Waals surface area contributed by atoms with Gasteiger partial charge in [-0.1, -0.05) is 0 Å². The molecule has 0 saturated carbocycles. The maximum atomic E-state index is 5.63. The highest BCUT2D eigenvalue weighted by atomic mass is 16.5. The van der Waals surface area contributed by atoms with Crippen molar-refractivity contribution in [2.24, 2.45) is 5.92 Å². The second-order valence-electron chi connectivity index (χ2n) is 4.36. The Balaban J connectivity index is 2.01. The van der Waals surface area contributed by atoms with E-state index in [4.69, 9.17) is 10.5 Å². The molecule has 0 radical (unpaired) electrons. The highest BCUT2D eigenvalue weighted by Crippen LogP contribution is 2.21. The molecule has 1 fully saturated rings. The SMILES string of the molecule is COC[C@H]1CCCN(c2ccc(N)cn2)C1. The molecule has 0 spiro atoms. The van der Waals surface area contributed by atoms with Crippen molar-refractivity contribution in [2.75, 3.05) is 37.4 Å². The molecule has 2 rings (SSSR count). The van der Waals surface area contributed by atoms with Crippen LogP contribution in [0.4, 0.5) is 11.5 Å². The third-order valence-electron chi connectivity index (χ3n) is 3.02. The van der Waals surface area contributed by atoms with Crippen LogP contribution < -0.4 is 10.6 Å². The summed E-state index contributed by atoms with van der Waals surface area (Å²) in [6.07, 6.45) is 4.18. The van der Waals surface area contributed by atoms with Crippen molar-refractivity contribution >= 4 is 11.5 Å². The third kappa shape index (κ3) is 2.64. The number of rotatable bonds is 3. The van der Waals surface area contributed by atoms with E-state index in [0.29, 0.717) is 11.6 Å². The second-order valence-corrected chi connectivity index (χ2v) is 4.36. The molecule has 88 valence electrons. The number of aromatic nitrogens is 1. The molecule has 0 aromatic carbocycles. The van der Waals surface area contributed by atoms with Crippen molar-refractivity contribution in [1.29, 1.82) is 0 Å². The van der Waals surface area contributed by atoms with Gasteiger partial charge in [-0.15, -0.1) is 0 Å². The number of nitrogens with two attached hydrogens (primary N) is 1. The molecule has 1 aromatic heterocycles. The van der Waals surface area contributed by atoms with Gasteiger partial charge < -0.3 is 15.4 Å². The van der Waals surface area contributed by atoms with Crippen molar-refractivity contribution in [2.45, 2.75) is 12.8 Å². The Hall–Kier alpha value is -1.29. The number of pyridine rings is 1. The van der Waals surface area contributed by atoms with E-state index in [1.54, 1.807) is 13.3 Å². The first-order valence-corrected chi connectivity index (χ1v) is 5.75. The standard InChI is InChI=1S/C12H19N3O/c1-16-9-10-3-2-6-15(8-10)12-5-4-11(13)7-14-12/h4-5,7,10H,2-3,6,8-9,13H2,1H3/t10-/m0/s1. The Morgan fingerprint density at radius 1 is 1.56 bits per heavy atom. The molecule has 1 aliphatic heterocycles. The first-order chi connectivity index (χ1) is 7.79. The van der Waals surface area contributed by atoms with Gasteiger partial charge >= 0.3 is 0 Å². The zero-order valence-corrected chi connectivity index (χ0v) is 9.72. The lowest BCUT2D eigenvalue weighted by molar-refractivity contribution is 0.143. The fourth-order valence-corrected chi connectivity index (χ4v) is 2.23. The van der Waals surface area contributed by atoms with Crippen LogP contribution in [0.3, 0.4) is 0 Å². The van der Waals surface area contributed by atoms with Gasteiger partial charge in [-0.3, -0.25) is 0 Å². The molecule has 4 nitrogen and oxygen atoms in total. The molecule has 2 heterocycles. The van der Waals surface area contributed by atoms with Crippen molar-refractivity contribution in [1.82, 2.24) is 4.98 Å². The van der Waals surface area contributed by atoms with E-state index < -0.39 is 0 Å². The first-order valence-electron chi connectivity index (χ1n) is 5.75. The Morgan fingerprint density at radius 2 is 2.44 bits per heavy atom. The number of hydrogen-bond acceptors (Lipinski definition) is 4. The summed E-state index contributed by atoms with van der Waals surface area (Å²) in [4.78, 5) is 6.67. The molecule has 2 N–H and O–H groups in total. The van der Waals surface area contributed by atoms with Crippen molar-refractivity contribution in [3.05, 3.63) is 18.3 Å². The zero-order valence-electron chi connectivity index (χ0n) is 9.72. The van der Waals surface area contributed by atoms with Crippen LogP contribution in [-0.4, -0.2) is 31.8 Å². The Kier molecular flexibility index (Phi) is 3.62. The summed E-state index contributed by atoms with van der Waals surface area (Å²) in [5.74, 6) is 1.65. The topological polar surface area (TPSA) is 51.4 Å². The van der Waals surface area contributed by atoms with E-state index >= 15 is 0 Å². The minimum absolute atomic E-state index is 0.623. The maximum Gasteiger partial charge on any atom is 0.128 e. The summed E-state index contributed by atoms with van der Waals surface area (Å²) >= 11 is 0. The number of ether oxygens (including phenoxy) is 1. The highest BCUT2D eigenvalue weighted by Gasteiger charge is 2.20. The molecule has 1 atom stereocenters. The van der Waals surface area contributed by atoms with Gasteiger partial charge in [-0.2, -0.15) is 0 Å². The smallest absolute Gasteiger partial charge is 0.128 e. The molecule has 16 heavy (non-hydrogen) atoms. The lowest BCUT2D eigenvalue weighted by Gasteiger charge is -2.33. The van der Waals surface area contributed by atoms with Crippen molar-refractivity contribution < 1.29 is 4.74 Å². The second kappa shape index (κ2) is 5.16. The largest absolute Gasteiger partial charge is 0.397 e. The Labute approximate surface area is 96.4 Å². The number of hydrogen-bond donors (Lipinski definition) is 1. The summed E-state index contributed by atoms with van der Waals surface area (Å²) in [7, 11) is 1.76. The van der Waals surface area contributed by atoms with Gasteiger partial charge in [-0.05, 0) is 30.9 Å². The lowest BCUT2D eigenvalue weighted by atomic mass is 9.99. The van der Waals surface area contributed by atoms with Crippen LogP contribution in [0.5, 0.6) is 0 Å². The van der Waals surface area contributed by atoms with E-state index in [1.165, 1.54) is 12.8 Å². The number of methoxy groups -OCH3 is 1. The molecule has 0 aliphatic carbocycles. The van der Waals surface area contributed by atoms with Crippen LogP contribution >= 0.6 is 0 Å². The Morgan fingerprint density at radius 3 is 3.12 bits per heavy atom. The van der Waals surface area contributed by atoms with E-state index in [-0.39, 0.29) is 0 Å². The van der Waals surface area contributed by atoms with E-state index in [1.807, 2.05) is 12.1 Å². The minimum Gasteiger partial charge on any atom is -0.397 e.